The van der Waals surface area contributed by atoms with E-state index in [-0.39, 0.29) is 23.7 Å². The number of hydrogen-bond acceptors (Lipinski definition) is 2. The largest absolute Gasteiger partial charge is 0.481 e. The lowest BCUT2D eigenvalue weighted by molar-refractivity contribution is -0.137. The number of carboxylic acid groups (broad SMARTS) is 1. The molecule has 0 unspecified atom stereocenters. The Hall–Kier alpha value is -1.06. The summed E-state index contributed by atoms with van der Waals surface area (Å²) in [6.07, 6.45) is 9.89. The van der Waals surface area contributed by atoms with E-state index in [1.807, 2.05) is 0 Å². The Kier molecular flexibility index (Phi) is 7.76. The van der Waals surface area contributed by atoms with Crippen LogP contribution < -0.4 is 5.32 Å². The van der Waals surface area contributed by atoms with Crippen molar-refractivity contribution in [2.24, 2.45) is 11.3 Å². The van der Waals surface area contributed by atoms with Crippen LogP contribution >= 0.6 is 0 Å². The van der Waals surface area contributed by atoms with Crippen LogP contribution in [0.15, 0.2) is 0 Å². The van der Waals surface area contributed by atoms with Gasteiger partial charge < -0.3 is 10.4 Å². The van der Waals surface area contributed by atoms with Gasteiger partial charge in [0.2, 0.25) is 5.91 Å². The Morgan fingerprint density at radius 2 is 1.62 bits per heavy atom. The van der Waals surface area contributed by atoms with Crippen molar-refractivity contribution in [3.05, 3.63) is 0 Å². The average molecular weight is 297 g/mol. The standard InChI is InChI=1S/C17H31NO3/c1-17(2,11-10-15(19)20)12-13-18-16(21)14-8-6-4-3-5-7-9-14/h14H,3-13H2,1-2H3,(H,18,21)(H,19,20). The summed E-state index contributed by atoms with van der Waals surface area (Å²) in [5, 5.41) is 11.8. The summed E-state index contributed by atoms with van der Waals surface area (Å²) in [6.45, 7) is 4.79. The van der Waals surface area contributed by atoms with Crippen molar-refractivity contribution in [2.75, 3.05) is 6.54 Å². The number of nitrogens with one attached hydrogen (secondary N) is 1. The molecule has 0 radical (unpaired) electrons. The van der Waals surface area contributed by atoms with Gasteiger partial charge >= 0.3 is 5.97 Å². The molecule has 1 saturated carbocycles. The molecule has 0 spiro atoms. The number of aliphatic carboxylic acids is 1. The smallest absolute Gasteiger partial charge is 0.303 e. The summed E-state index contributed by atoms with van der Waals surface area (Å²) in [5.74, 6) is -0.361. The van der Waals surface area contributed by atoms with Crippen LogP contribution in [0.25, 0.3) is 0 Å². The van der Waals surface area contributed by atoms with Gasteiger partial charge in [0, 0.05) is 18.9 Å². The molecule has 1 aliphatic carbocycles. The van der Waals surface area contributed by atoms with E-state index >= 15 is 0 Å². The number of amides is 1. The number of carboxylic acids is 1. The minimum Gasteiger partial charge on any atom is -0.481 e. The average Bonchev–Trinajstić information content (AvgIpc) is 2.35. The first-order valence-corrected chi connectivity index (χ1v) is 8.40. The summed E-state index contributed by atoms with van der Waals surface area (Å²) in [5.41, 5.74) is -0.0351. The lowest BCUT2D eigenvalue weighted by atomic mass is 9.84. The minimum atomic E-state index is -0.748. The Balaban J connectivity index is 2.26. The second-order valence-corrected chi connectivity index (χ2v) is 7.14. The predicted octanol–water partition coefficient (Wildman–Crippen LogP) is 3.74. The molecule has 4 nitrogen and oxygen atoms in total. The summed E-state index contributed by atoms with van der Waals surface area (Å²) in [6, 6.07) is 0. The molecular formula is C17H31NO3. The van der Waals surface area contributed by atoms with E-state index in [1.54, 1.807) is 0 Å². The van der Waals surface area contributed by atoms with Gasteiger partial charge in [0.25, 0.3) is 0 Å². The maximum Gasteiger partial charge on any atom is 0.303 e. The van der Waals surface area contributed by atoms with Gasteiger partial charge in [-0.3, -0.25) is 9.59 Å². The molecule has 0 atom stereocenters. The van der Waals surface area contributed by atoms with E-state index in [4.69, 9.17) is 5.11 Å². The molecule has 0 heterocycles. The SMILES string of the molecule is CC(C)(CCNC(=O)C1CCCCCCC1)CCC(=O)O. The molecule has 122 valence electrons. The molecular weight excluding hydrogens is 266 g/mol. The monoisotopic (exact) mass is 297 g/mol. The highest BCUT2D eigenvalue weighted by atomic mass is 16.4. The van der Waals surface area contributed by atoms with Gasteiger partial charge in [-0.25, -0.2) is 0 Å². The summed E-state index contributed by atoms with van der Waals surface area (Å²) in [7, 11) is 0. The Morgan fingerprint density at radius 3 is 2.19 bits per heavy atom. The topological polar surface area (TPSA) is 66.4 Å². The fraction of sp³-hybridized carbons (Fsp3) is 0.882. The normalized spacial score (nSPS) is 17.8. The molecule has 0 aromatic rings. The van der Waals surface area contributed by atoms with Crippen LogP contribution in [-0.4, -0.2) is 23.5 Å². The lowest BCUT2D eigenvalue weighted by Crippen LogP contribution is -2.33. The maximum absolute atomic E-state index is 12.2. The first-order valence-electron chi connectivity index (χ1n) is 8.40. The molecule has 2 N–H and O–H groups in total. The summed E-state index contributed by atoms with van der Waals surface area (Å²) in [4.78, 5) is 22.8. The molecule has 1 fully saturated rings. The van der Waals surface area contributed by atoms with E-state index < -0.39 is 5.97 Å². The molecule has 0 aromatic carbocycles. The summed E-state index contributed by atoms with van der Waals surface area (Å²) >= 11 is 0. The third-order valence-electron chi connectivity index (χ3n) is 4.59. The third kappa shape index (κ3) is 8.08. The number of rotatable bonds is 7. The molecule has 1 rings (SSSR count). The highest BCUT2D eigenvalue weighted by Crippen LogP contribution is 2.26. The van der Waals surface area contributed by atoms with E-state index in [9.17, 15) is 9.59 Å². The summed E-state index contributed by atoms with van der Waals surface area (Å²) < 4.78 is 0. The van der Waals surface area contributed by atoms with E-state index in [0.29, 0.717) is 13.0 Å². The van der Waals surface area contributed by atoms with Crippen molar-refractivity contribution in [3.8, 4) is 0 Å². The fourth-order valence-corrected chi connectivity index (χ4v) is 2.96. The zero-order valence-corrected chi connectivity index (χ0v) is 13.6. The predicted molar refractivity (Wildman–Crippen MR) is 84.1 cm³/mol. The van der Waals surface area contributed by atoms with E-state index in [1.165, 1.54) is 32.1 Å². The van der Waals surface area contributed by atoms with E-state index in [0.717, 1.165) is 19.3 Å². The number of carbonyl (C=O) groups is 2. The molecule has 21 heavy (non-hydrogen) atoms. The molecule has 1 aliphatic rings. The number of hydrogen-bond donors (Lipinski definition) is 2. The van der Waals surface area contributed by atoms with Gasteiger partial charge in [-0.1, -0.05) is 46.0 Å². The van der Waals surface area contributed by atoms with Gasteiger partial charge in [-0.05, 0) is 31.1 Å². The third-order valence-corrected chi connectivity index (χ3v) is 4.59. The van der Waals surface area contributed by atoms with Crippen LogP contribution in [0.2, 0.25) is 0 Å². The molecule has 0 bridgehead atoms. The second-order valence-electron chi connectivity index (χ2n) is 7.14. The molecule has 0 saturated heterocycles. The van der Waals surface area contributed by atoms with Gasteiger partial charge in [0.1, 0.15) is 0 Å². The maximum atomic E-state index is 12.2. The fourth-order valence-electron chi connectivity index (χ4n) is 2.96. The van der Waals surface area contributed by atoms with Crippen LogP contribution in [0.3, 0.4) is 0 Å². The number of carbonyl (C=O) groups excluding carboxylic acids is 1. The molecule has 0 aromatic heterocycles. The Bertz CT molecular complexity index is 331. The van der Waals surface area contributed by atoms with Crippen molar-refractivity contribution in [2.45, 2.75) is 78.1 Å². The minimum absolute atomic E-state index is 0.0351. The molecule has 4 heteroatoms. The van der Waals surface area contributed by atoms with Crippen molar-refractivity contribution in [1.29, 1.82) is 0 Å². The molecule has 0 aliphatic heterocycles. The van der Waals surface area contributed by atoms with Crippen LogP contribution in [0.4, 0.5) is 0 Å². The van der Waals surface area contributed by atoms with Crippen LogP contribution in [0.5, 0.6) is 0 Å². The zero-order chi connectivity index (χ0) is 15.7. The van der Waals surface area contributed by atoms with Crippen molar-refractivity contribution in [3.63, 3.8) is 0 Å². The van der Waals surface area contributed by atoms with Gasteiger partial charge in [-0.2, -0.15) is 0 Å². The second kappa shape index (κ2) is 9.06. The highest BCUT2D eigenvalue weighted by Gasteiger charge is 2.22. The quantitative estimate of drug-likeness (QED) is 0.752. The van der Waals surface area contributed by atoms with Gasteiger partial charge in [-0.15, -0.1) is 0 Å². The van der Waals surface area contributed by atoms with Gasteiger partial charge in [0.05, 0.1) is 0 Å². The van der Waals surface area contributed by atoms with Crippen molar-refractivity contribution < 1.29 is 14.7 Å². The van der Waals surface area contributed by atoms with E-state index in [2.05, 4.69) is 19.2 Å². The van der Waals surface area contributed by atoms with Crippen LogP contribution in [0, 0.1) is 11.3 Å². The molecule has 1 amide bonds. The lowest BCUT2D eigenvalue weighted by Gasteiger charge is -2.25. The first kappa shape index (κ1) is 18.0. The van der Waals surface area contributed by atoms with Gasteiger partial charge in [0.15, 0.2) is 0 Å². The first-order chi connectivity index (χ1) is 9.91. The van der Waals surface area contributed by atoms with Crippen molar-refractivity contribution >= 4 is 11.9 Å². The van der Waals surface area contributed by atoms with Crippen molar-refractivity contribution in [1.82, 2.24) is 5.32 Å². The Labute approximate surface area is 128 Å². The van der Waals surface area contributed by atoms with Crippen LogP contribution in [0.1, 0.15) is 78.1 Å². The zero-order valence-electron chi connectivity index (χ0n) is 13.6. The van der Waals surface area contributed by atoms with Crippen LogP contribution in [-0.2, 0) is 9.59 Å². The highest BCUT2D eigenvalue weighted by molar-refractivity contribution is 5.78. The Morgan fingerprint density at radius 1 is 1.05 bits per heavy atom.